The van der Waals surface area contributed by atoms with E-state index >= 15 is 17.6 Å². The highest BCUT2D eigenvalue weighted by Gasteiger charge is 2.31. The maximum atomic E-state index is 15.4. The van der Waals surface area contributed by atoms with Gasteiger partial charge >= 0.3 is 6.16 Å². The topological polar surface area (TPSA) is 205 Å². The van der Waals surface area contributed by atoms with Crippen molar-refractivity contribution in [1.29, 1.82) is 0 Å². The van der Waals surface area contributed by atoms with Crippen molar-refractivity contribution in [3.8, 4) is 22.5 Å². The zero-order valence-corrected chi connectivity index (χ0v) is 47.1. The Hall–Kier alpha value is -7.79. The van der Waals surface area contributed by atoms with Crippen molar-refractivity contribution >= 4 is 51.8 Å². The quantitative estimate of drug-likeness (QED) is 0.0767. The molecule has 2 aromatic carbocycles. The summed E-state index contributed by atoms with van der Waals surface area (Å²) < 4.78 is 75.8. The van der Waals surface area contributed by atoms with Gasteiger partial charge in [0.25, 0.3) is 0 Å². The van der Waals surface area contributed by atoms with Gasteiger partial charge in [-0.3, -0.25) is 9.80 Å². The molecule has 2 aliphatic heterocycles. The van der Waals surface area contributed by atoms with Gasteiger partial charge < -0.3 is 20.1 Å². The Morgan fingerprint density at radius 1 is 0.575 bits per heavy atom. The average molecular weight is 1100 g/mol. The normalized spacial score (nSPS) is 15.1. The smallest absolute Gasteiger partial charge is 0.433 e. The summed E-state index contributed by atoms with van der Waals surface area (Å²) in [5, 5.41) is 22.6. The molecular formula is C57H66F4N16O3. The van der Waals surface area contributed by atoms with Crippen molar-refractivity contribution in [2.45, 2.75) is 144 Å². The third-order valence-electron chi connectivity index (χ3n) is 14.7. The zero-order valence-electron chi connectivity index (χ0n) is 47.1. The molecule has 6 aromatic heterocycles. The minimum atomic E-state index is -0.745. The van der Waals surface area contributed by atoms with Gasteiger partial charge in [0, 0.05) is 96.8 Å². The number of carbonyl (C=O) groups excluding carboxylic acids is 1. The van der Waals surface area contributed by atoms with Crippen LogP contribution in [0, 0.1) is 23.3 Å². The van der Waals surface area contributed by atoms with Gasteiger partial charge in [0.1, 0.15) is 47.3 Å². The second kappa shape index (κ2) is 21.7. The first-order valence-electron chi connectivity index (χ1n) is 26.9. The summed E-state index contributed by atoms with van der Waals surface area (Å²) >= 11 is 0. The molecule has 8 aromatic rings. The molecule has 0 spiro atoms. The number of carbonyl (C=O) groups is 1. The Labute approximate surface area is 461 Å². The van der Waals surface area contributed by atoms with Crippen molar-refractivity contribution in [2.24, 2.45) is 0 Å². The van der Waals surface area contributed by atoms with Crippen LogP contribution < -0.4 is 10.6 Å². The van der Waals surface area contributed by atoms with Crippen LogP contribution in [0.4, 0.5) is 45.9 Å². The summed E-state index contributed by atoms with van der Waals surface area (Å²) in [4.78, 5) is 45.2. The number of ether oxygens (including phenoxy) is 2. The second-order valence-electron chi connectivity index (χ2n) is 23.4. The highest BCUT2D eigenvalue weighted by atomic mass is 19.1. The van der Waals surface area contributed by atoms with Crippen LogP contribution in [0.5, 0.6) is 0 Å². The number of aromatic nitrogens is 12. The van der Waals surface area contributed by atoms with Crippen LogP contribution in [0.25, 0.3) is 44.6 Å². The molecule has 2 unspecified atom stereocenters. The minimum absolute atomic E-state index is 0.0780. The summed E-state index contributed by atoms with van der Waals surface area (Å²) in [7, 11) is 0. The van der Waals surface area contributed by atoms with Gasteiger partial charge in [-0.25, -0.2) is 61.6 Å². The first-order valence-corrected chi connectivity index (χ1v) is 26.9. The number of pyridine rings is 2. The van der Waals surface area contributed by atoms with E-state index in [-0.39, 0.29) is 93.7 Å². The number of hydrogen-bond acceptors (Lipinski definition) is 17. The van der Waals surface area contributed by atoms with E-state index in [9.17, 15) is 4.79 Å². The van der Waals surface area contributed by atoms with E-state index in [1.165, 1.54) is 12.1 Å². The third kappa shape index (κ3) is 11.3. The van der Waals surface area contributed by atoms with Crippen LogP contribution >= 0.6 is 0 Å². The van der Waals surface area contributed by atoms with Crippen molar-refractivity contribution in [3.05, 3.63) is 106 Å². The number of rotatable bonds is 14. The molecule has 0 fully saturated rings. The first-order chi connectivity index (χ1) is 37.9. The van der Waals surface area contributed by atoms with E-state index in [0.29, 0.717) is 61.7 Å². The number of hydrogen-bond donors (Lipinski definition) is 2. The van der Waals surface area contributed by atoms with E-state index < -0.39 is 29.4 Å². The Bertz CT molecular complexity index is 3430. The van der Waals surface area contributed by atoms with Crippen molar-refractivity contribution in [1.82, 2.24) is 69.7 Å². The van der Waals surface area contributed by atoms with Crippen molar-refractivity contribution in [3.63, 3.8) is 0 Å². The van der Waals surface area contributed by atoms with Crippen LogP contribution in [-0.2, 0) is 46.2 Å². The fourth-order valence-corrected chi connectivity index (χ4v) is 10.2. The number of fused-ring (bicyclic) bond motifs is 4. The molecular weight excluding hydrogens is 1030 g/mol. The summed E-state index contributed by atoms with van der Waals surface area (Å²) in [5.41, 5.74) is 6.21. The van der Waals surface area contributed by atoms with E-state index in [0.717, 1.165) is 46.0 Å². The van der Waals surface area contributed by atoms with E-state index in [1.807, 2.05) is 41.5 Å². The molecule has 0 saturated carbocycles. The summed E-state index contributed by atoms with van der Waals surface area (Å²) in [6.07, 6.45) is 2.61. The summed E-state index contributed by atoms with van der Waals surface area (Å²) in [6, 6.07) is 9.43. The summed E-state index contributed by atoms with van der Waals surface area (Å²) in [6.45, 7) is 26.8. The Morgan fingerprint density at radius 2 is 0.975 bits per heavy atom. The number of benzene rings is 2. The van der Waals surface area contributed by atoms with Crippen LogP contribution in [0.3, 0.4) is 0 Å². The van der Waals surface area contributed by atoms with Gasteiger partial charge in [-0.15, -0.1) is 10.2 Å². The minimum Gasteiger partial charge on any atom is -0.433 e. The monoisotopic (exact) mass is 1100 g/mol. The summed E-state index contributed by atoms with van der Waals surface area (Å²) in [5.74, 6) is -1.41. The average Bonchev–Trinajstić information content (AvgIpc) is 4.12. The van der Waals surface area contributed by atoms with Gasteiger partial charge in [0.2, 0.25) is 11.9 Å². The maximum Gasteiger partial charge on any atom is 0.508 e. The lowest BCUT2D eigenvalue weighted by atomic mass is 9.85. The molecule has 0 amide bonds. The fraction of sp³-hybridized carbons (Fsp3) is 0.456. The Kier molecular flexibility index (Phi) is 15.1. The van der Waals surface area contributed by atoms with E-state index in [1.54, 1.807) is 21.5 Å². The molecule has 420 valence electrons. The van der Waals surface area contributed by atoms with E-state index in [4.69, 9.17) is 19.4 Å². The van der Waals surface area contributed by atoms with Gasteiger partial charge in [0.05, 0.1) is 23.4 Å². The molecule has 10 rings (SSSR count). The van der Waals surface area contributed by atoms with Gasteiger partial charge in [0.15, 0.2) is 23.3 Å². The highest BCUT2D eigenvalue weighted by molar-refractivity contribution is 5.83. The molecule has 8 heterocycles. The molecule has 0 aliphatic carbocycles. The number of nitrogens with one attached hydrogen (secondary N) is 2. The van der Waals surface area contributed by atoms with Crippen LogP contribution in [0.2, 0.25) is 0 Å². The SMILES string of the molecule is CC(COC(=O)OCC(C)N1CCc2nc(Nc3ncc(F)c(-c4cc(F)c5nnn(C(C)C)c5c4)n3)c(C(C)(C)C)cc2C1)N1CCc2nc(Nc3ncc(F)c(-c4cc(F)c5nnn(C(C)C)c5c4)n3)c(C(C)(C)C)cc2C1. The van der Waals surface area contributed by atoms with Gasteiger partial charge in [-0.1, -0.05) is 52.0 Å². The van der Waals surface area contributed by atoms with Crippen LogP contribution in [0.1, 0.15) is 129 Å². The lowest BCUT2D eigenvalue weighted by Crippen LogP contribution is -2.42. The molecule has 2 N–H and O–H groups in total. The lowest BCUT2D eigenvalue weighted by Gasteiger charge is -2.35. The first kappa shape index (κ1) is 55.5. The third-order valence-corrected chi connectivity index (χ3v) is 14.7. The van der Waals surface area contributed by atoms with E-state index in [2.05, 4.69) is 115 Å². The number of anilines is 4. The largest absolute Gasteiger partial charge is 0.508 e. The van der Waals surface area contributed by atoms with Gasteiger partial charge in [-0.05, 0) is 99.9 Å². The molecule has 0 radical (unpaired) electrons. The Balaban J connectivity index is 0.750. The fourth-order valence-electron chi connectivity index (χ4n) is 10.2. The standard InChI is InChI=1S/C57H66F4N16O3/c1-29(2)76-45-21-33(19-39(58)49(45)70-72-76)47-41(60)23-62-53(66-47)68-51-37(56(7,8)9)17-35-25-74(15-13-43(35)64-51)31(5)27-79-55(78)80-28-32(6)75-16-14-44-36(26-75)18-38(57(10,11)12)52(65-44)69-54-63-24-42(61)48(67-54)34-20-40(59)50-46(22-34)77(30(3)4)73-71-50/h17-24,29-32H,13-16,25-28H2,1-12H3,(H,62,64,66,68)(H,63,65,67,69). The molecule has 19 nitrogen and oxygen atoms in total. The molecule has 2 atom stereocenters. The van der Waals surface area contributed by atoms with Gasteiger partial charge in [-0.2, -0.15) is 0 Å². The van der Waals surface area contributed by atoms with Crippen molar-refractivity contribution in [2.75, 3.05) is 36.9 Å². The Morgan fingerprint density at radius 3 is 1.35 bits per heavy atom. The maximum absolute atomic E-state index is 15.4. The number of halogens is 4. The van der Waals surface area contributed by atoms with Crippen molar-refractivity contribution < 1.29 is 31.8 Å². The predicted molar refractivity (Wildman–Crippen MR) is 295 cm³/mol. The zero-order chi connectivity index (χ0) is 57.1. The molecule has 0 saturated heterocycles. The molecule has 2 aliphatic rings. The predicted octanol–water partition coefficient (Wildman–Crippen LogP) is 11.0. The lowest BCUT2D eigenvalue weighted by molar-refractivity contribution is 0.0155. The molecule has 23 heteroatoms. The van der Waals surface area contributed by atoms with Crippen LogP contribution in [0.15, 0.2) is 48.8 Å². The number of nitrogens with zero attached hydrogens (tertiary/aromatic N) is 14. The molecule has 80 heavy (non-hydrogen) atoms. The van der Waals surface area contributed by atoms with Crippen LogP contribution in [-0.4, -0.2) is 114 Å². The molecule has 0 bridgehead atoms. The highest BCUT2D eigenvalue weighted by Crippen LogP contribution is 2.37. The second-order valence-corrected chi connectivity index (χ2v) is 23.4.